The number of hydrogen-bond donors (Lipinski definition) is 1. The fourth-order valence-corrected chi connectivity index (χ4v) is 0.728. The molecule has 0 saturated heterocycles. The quantitative estimate of drug-likeness (QED) is 0.598. The van der Waals surface area contributed by atoms with Gasteiger partial charge in [0.2, 0.25) is 0 Å². The van der Waals surface area contributed by atoms with Crippen LogP contribution in [0.5, 0.6) is 0 Å². The average Bonchev–Trinajstić information content (AvgIpc) is 1.88. The lowest BCUT2D eigenvalue weighted by molar-refractivity contribution is 0.542. The maximum atomic E-state index is 10.00. The monoisotopic (exact) mass is 158 g/mol. The maximum absolute atomic E-state index is 10.00. The molecule has 0 spiro atoms. The predicted molar refractivity (Wildman–Crippen MR) is 34.6 cm³/mol. The Morgan fingerprint density at radius 3 is 3.00 bits per heavy atom. The van der Waals surface area contributed by atoms with E-state index in [1.807, 2.05) is 0 Å². The summed E-state index contributed by atoms with van der Waals surface area (Å²) in [5, 5.41) is 0. The summed E-state index contributed by atoms with van der Waals surface area (Å²) < 4.78 is 22.1. The van der Waals surface area contributed by atoms with Gasteiger partial charge in [0, 0.05) is 17.5 Å². The van der Waals surface area contributed by atoms with Gasteiger partial charge < -0.3 is 9.27 Å². The van der Waals surface area contributed by atoms with Gasteiger partial charge in [-0.25, -0.2) is 9.97 Å². The largest absolute Gasteiger partial charge is 0.755 e. The molecule has 54 valence electrons. The zero-order valence-electron chi connectivity index (χ0n) is 4.85. The molecule has 0 aliphatic carbocycles. The van der Waals surface area contributed by atoms with Gasteiger partial charge in [-0.05, 0) is 6.07 Å². The Balaban J connectivity index is 2.67. The SMILES string of the molecule is O=S([O-])Nc1ccncn1. The summed E-state index contributed by atoms with van der Waals surface area (Å²) in [6.07, 6.45) is 2.71. The van der Waals surface area contributed by atoms with Crippen LogP contribution in [0.15, 0.2) is 18.6 Å². The smallest absolute Gasteiger partial charge is 0.140 e. The molecule has 1 atom stereocenters. The van der Waals surface area contributed by atoms with Gasteiger partial charge in [-0.2, -0.15) is 0 Å². The molecule has 1 rings (SSSR count). The first kappa shape index (κ1) is 7.10. The van der Waals surface area contributed by atoms with Crippen molar-refractivity contribution in [2.75, 3.05) is 4.72 Å². The van der Waals surface area contributed by atoms with Crippen LogP contribution in [0.25, 0.3) is 0 Å². The molecule has 0 amide bonds. The maximum Gasteiger partial charge on any atom is 0.140 e. The number of nitrogens with one attached hydrogen (secondary N) is 1. The van der Waals surface area contributed by atoms with Gasteiger partial charge in [0.25, 0.3) is 0 Å². The van der Waals surface area contributed by atoms with E-state index in [0.29, 0.717) is 0 Å². The molecule has 0 aliphatic rings. The molecular formula is C4H4N3O2S-. The summed E-state index contributed by atoms with van der Waals surface area (Å²) in [4.78, 5) is 7.20. The van der Waals surface area contributed by atoms with Crippen molar-refractivity contribution in [1.82, 2.24) is 9.97 Å². The minimum atomic E-state index is -2.31. The van der Waals surface area contributed by atoms with Crippen LogP contribution in [-0.4, -0.2) is 18.7 Å². The number of hydrogen-bond acceptors (Lipinski definition) is 4. The van der Waals surface area contributed by atoms with Crippen LogP contribution in [0.3, 0.4) is 0 Å². The highest BCUT2D eigenvalue weighted by atomic mass is 32.2. The first-order chi connectivity index (χ1) is 4.79. The molecule has 6 heteroatoms. The molecule has 0 fully saturated rings. The Hall–Kier alpha value is -1.01. The van der Waals surface area contributed by atoms with Gasteiger partial charge in [0.1, 0.15) is 12.1 Å². The zero-order valence-corrected chi connectivity index (χ0v) is 5.67. The average molecular weight is 158 g/mol. The third-order valence-electron chi connectivity index (χ3n) is 0.770. The van der Waals surface area contributed by atoms with Crippen LogP contribution in [0, 0.1) is 0 Å². The summed E-state index contributed by atoms with van der Waals surface area (Å²) in [5.74, 6) is 0.267. The molecule has 1 aromatic heterocycles. The van der Waals surface area contributed by atoms with Crippen LogP contribution in [0.4, 0.5) is 5.82 Å². The number of nitrogens with zero attached hydrogens (tertiary/aromatic N) is 2. The number of anilines is 1. The van der Waals surface area contributed by atoms with Crippen molar-refractivity contribution < 1.29 is 8.76 Å². The highest BCUT2D eigenvalue weighted by Gasteiger charge is 1.86. The molecule has 0 aromatic carbocycles. The normalized spacial score (nSPS) is 12.5. The lowest BCUT2D eigenvalue weighted by Crippen LogP contribution is -2.03. The van der Waals surface area contributed by atoms with E-state index >= 15 is 0 Å². The van der Waals surface area contributed by atoms with Crippen molar-refractivity contribution in [3.63, 3.8) is 0 Å². The summed E-state index contributed by atoms with van der Waals surface area (Å²) in [6, 6.07) is 1.45. The third kappa shape index (κ3) is 2.08. The van der Waals surface area contributed by atoms with Gasteiger partial charge in [-0.15, -0.1) is 0 Å². The molecule has 0 saturated carbocycles. The fourth-order valence-electron chi connectivity index (χ4n) is 0.436. The first-order valence-corrected chi connectivity index (χ1v) is 3.48. The van der Waals surface area contributed by atoms with Crippen LogP contribution < -0.4 is 4.72 Å². The second-order valence-corrected chi connectivity index (χ2v) is 2.10. The van der Waals surface area contributed by atoms with E-state index < -0.39 is 11.3 Å². The van der Waals surface area contributed by atoms with Crippen molar-refractivity contribution in [3.8, 4) is 0 Å². The van der Waals surface area contributed by atoms with E-state index in [-0.39, 0.29) is 5.82 Å². The minimum absolute atomic E-state index is 0.267. The van der Waals surface area contributed by atoms with Crippen LogP contribution in [0.1, 0.15) is 0 Å². The van der Waals surface area contributed by atoms with Crippen LogP contribution in [0.2, 0.25) is 0 Å². The van der Waals surface area contributed by atoms with E-state index in [9.17, 15) is 8.76 Å². The second kappa shape index (κ2) is 3.23. The Morgan fingerprint density at radius 1 is 1.70 bits per heavy atom. The predicted octanol–water partition coefficient (Wildman–Crippen LogP) is -0.317. The van der Waals surface area contributed by atoms with Gasteiger partial charge in [-0.3, -0.25) is 4.21 Å². The Bertz CT molecular complexity index is 227. The molecule has 5 nitrogen and oxygen atoms in total. The van der Waals surface area contributed by atoms with E-state index in [0.717, 1.165) is 0 Å². The Labute approximate surface area is 59.9 Å². The van der Waals surface area contributed by atoms with Crippen molar-refractivity contribution >= 4 is 17.1 Å². The summed E-state index contributed by atoms with van der Waals surface area (Å²) in [7, 11) is 0. The highest BCUT2D eigenvalue weighted by Crippen LogP contribution is 1.96. The van der Waals surface area contributed by atoms with Gasteiger partial charge in [0.15, 0.2) is 0 Å². The van der Waals surface area contributed by atoms with Crippen molar-refractivity contribution in [2.45, 2.75) is 0 Å². The Kier molecular flexibility index (Phi) is 2.30. The van der Waals surface area contributed by atoms with Gasteiger partial charge in [0.05, 0.1) is 0 Å². The third-order valence-corrected chi connectivity index (χ3v) is 1.15. The van der Waals surface area contributed by atoms with E-state index in [4.69, 9.17) is 0 Å². The lowest BCUT2D eigenvalue weighted by atomic mass is 10.6. The Morgan fingerprint density at radius 2 is 2.50 bits per heavy atom. The van der Waals surface area contributed by atoms with Crippen molar-refractivity contribution in [2.24, 2.45) is 0 Å². The second-order valence-electron chi connectivity index (χ2n) is 1.43. The van der Waals surface area contributed by atoms with Gasteiger partial charge in [-0.1, -0.05) is 0 Å². The summed E-state index contributed by atoms with van der Waals surface area (Å²) in [6.45, 7) is 0. The minimum Gasteiger partial charge on any atom is -0.755 e. The molecular weight excluding hydrogens is 154 g/mol. The standard InChI is InChI=1S/C4H5N3O2S/c8-10(9)7-4-1-2-5-3-6-4/h1-3H,(H,8,9)(H,5,6,7)/p-1. The van der Waals surface area contributed by atoms with E-state index in [1.54, 1.807) is 0 Å². The molecule has 10 heavy (non-hydrogen) atoms. The van der Waals surface area contributed by atoms with Crippen LogP contribution >= 0.6 is 0 Å². The van der Waals surface area contributed by atoms with Crippen molar-refractivity contribution in [1.29, 1.82) is 0 Å². The topological polar surface area (TPSA) is 77.9 Å². The molecule has 1 unspecified atom stereocenters. The fraction of sp³-hybridized carbons (Fsp3) is 0. The van der Waals surface area contributed by atoms with E-state index in [2.05, 4.69) is 14.7 Å². The van der Waals surface area contributed by atoms with E-state index in [1.165, 1.54) is 18.6 Å². The molecule has 0 radical (unpaired) electrons. The lowest BCUT2D eigenvalue weighted by Gasteiger charge is -2.05. The number of rotatable bonds is 2. The van der Waals surface area contributed by atoms with Crippen LogP contribution in [-0.2, 0) is 11.3 Å². The molecule has 1 aromatic rings. The molecule has 0 bridgehead atoms. The number of aromatic nitrogens is 2. The highest BCUT2D eigenvalue weighted by molar-refractivity contribution is 7.80. The molecule has 0 aliphatic heterocycles. The summed E-state index contributed by atoms with van der Waals surface area (Å²) in [5.41, 5.74) is 0. The van der Waals surface area contributed by atoms with Crippen molar-refractivity contribution in [3.05, 3.63) is 18.6 Å². The van der Waals surface area contributed by atoms with Gasteiger partial charge >= 0.3 is 0 Å². The molecule has 1 heterocycles. The first-order valence-electron chi connectivity index (χ1n) is 2.41. The molecule has 1 N–H and O–H groups in total. The summed E-state index contributed by atoms with van der Waals surface area (Å²) >= 11 is -2.31. The zero-order chi connectivity index (χ0) is 7.40.